The molecule has 0 unspecified atom stereocenters. The first-order valence-electron chi connectivity index (χ1n) is 5.91. The van der Waals surface area contributed by atoms with Crippen molar-refractivity contribution in [3.63, 3.8) is 0 Å². The van der Waals surface area contributed by atoms with E-state index in [1.165, 1.54) is 4.90 Å². The third-order valence-corrected chi connectivity index (χ3v) is 1.92. The fraction of sp³-hybridized carbons (Fsp3) is 0.692. The number of hydrogen-bond donors (Lipinski definition) is 1. The maximum absolute atomic E-state index is 11.3. The van der Waals surface area contributed by atoms with E-state index < -0.39 is 11.7 Å². The second-order valence-corrected chi connectivity index (χ2v) is 4.88. The fourth-order valence-corrected chi connectivity index (χ4v) is 1.12. The number of amides is 2. The summed E-state index contributed by atoms with van der Waals surface area (Å²) in [7, 11) is 1.68. The van der Waals surface area contributed by atoms with Crippen molar-refractivity contribution in [1.82, 2.24) is 10.2 Å². The SMILES string of the molecule is CC#CC(=O)N(C)CCCNC(=O)OC(C)(C)C. The minimum absolute atomic E-state index is 0.213. The number of alkyl carbamates (subject to hydrolysis) is 1. The number of hydrogen-bond acceptors (Lipinski definition) is 3. The highest BCUT2D eigenvalue weighted by atomic mass is 16.6. The predicted molar refractivity (Wildman–Crippen MR) is 69.9 cm³/mol. The van der Waals surface area contributed by atoms with Crippen LogP contribution in [0.5, 0.6) is 0 Å². The summed E-state index contributed by atoms with van der Waals surface area (Å²) in [4.78, 5) is 24.1. The molecule has 0 aliphatic rings. The summed E-state index contributed by atoms with van der Waals surface area (Å²) in [5, 5.41) is 2.63. The minimum Gasteiger partial charge on any atom is -0.444 e. The van der Waals surface area contributed by atoms with Crippen molar-refractivity contribution < 1.29 is 14.3 Å². The first-order chi connectivity index (χ1) is 8.26. The molecule has 0 spiro atoms. The molecule has 0 aromatic carbocycles. The Labute approximate surface area is 109 Å². The molecule has 0 heterocycles. The molecule has 1 N–H and O–H groups in total. The smallest absolute Gasteiger partial charge is 0.407 e. The minimum atomic E-state index is -0.493. The van der Waals surface area contributed by atoms with Gasteiger partial charge in [-0.2, -0.15) is 0 Å². The molecule has 0 atom stereocenters. The van der Waals surface area contributed by atoms with Crippen molar-refractivity contribution in [3.8, 4) is 11.8 Å². The van der Waals surface area contributed by atoms with E-state index in [2.05, 4.69) is 17.2 Å². The van der Waals surface area contributed by atoms with Crippen molar-refractivity contribution in [2.24, 2.45) is 0 Å². The number of carbonyl (C=O) groups is 2. The van der Waals surface area contributed by atoms with Crippen molar-refractivity contribution in [1.29, 1.82) is 0 Å². The Bertz CT molecular complexity index is 347. The zero-order valence-electron chi connectivity index (χ0n) is 11.8. The summed E-state index contributed by atoms with van der Waals surface area (Å²) >= 11 is 0. The molecule has 0 bridgehead atoms. The number of rotatable bonds is 4. The van der Waals surface area contributed by atoms with Crippen molar-refractivity contribution in [3.05, 3.63) is 0 Å². The first kappa shape index (κ1) is 16.3. The van der Waals surface area contributed by atoms with Crippen LogP contribution in [0, 0.1) is 11.8 Å². The molecule has 2 amide bonds. The van der Waals surface area contributed by atoms with Gasteiger partial charge in [-0.3, -0.25) is 4.79 Å². The molecule has 0 aliphatic heterocycles. The average Bonchev–Trinajstić information content (AvgIpc) is 2.21. The van der Waals surface area contributed by atoms with Crippen LogP contribution in [0.25, 0.3) is 0 Å². The quantitative estimate of drug-likeness (QED) is 0.609. The maximum Gasteiger partial charge on any atom is 0.407 e. The molecule has 0 fully saturated rings. The fourth-order valence-electron chi connectivity index (χ4n) is 1.12. The molecule has 102 valence electrons. The lowest BCUT2D eigenvalue weighted by Crippen LogP contribution is -2.34. The zero-order chi connectivity index (χ0) is 14.2. The molecule has 0 radical (unpaired) electrons. The normalized spacial score (nSPS) is 10.1. The van der Waals surface area contributed by atoms with Gasteiger partial charge < -0.3 is 15.0 Å². The Kier molecular flexibility index (Phi) is 6.88. The van der Waals surface area contributed by atoms with Gasteiger partial charge in [0.05, 0.1) is 0 Å². The highest BCUT2D eigenvalue weighted by Gasteiger charge is 2.15. The monoisotopic (exact) mass is 254 g/mol. The molecular formula is C13H22N2O3. The van der Waals surface area contributed by atoms with E-state index in [-0.39, 0.29) is 5.91 Å². The van der Waals surface area contributed by atoms with E-state index in [4.69, 9.17) is 4.74 Å². The van der Waals surface area contributed by atoms with E-state index in [0.29, 0.717) is 19.5 Å². The molecule has 0 rings (SSSR count). The van der Waals surface area contributed by atoms with Gasteiger partial charge >= 0.3 is 6.09 Å². The van der Waals surface area contributed by atoms with Crippen LogP contribution in [0.3, 0.4) is 0 Å². The van der Waals surface area contributed by atoms with Crippen LogP contribution in [-0.2, 0) is 9.53 Å². The van der Waals surface area contributed by atoms with Gasteiger partial charge in [-0.15, -0.1) is 0 Å². The largest absolute Gasteiger partial charge is 0.444 e. The summed E-state index contributed by atoms with van der Waals surface area (Å²) in [5.41, 5.74) is -0.493. The van der Waals surface area contributed by atoms with E-state index in [1.807, 2.05) is 20.8 Å². The predicted octanol–water partition coefficient (Wildman–Crippen LogP) is 1.38. The molecule has 0 saturated carbocycles. The lowest BCUT2D eigenvalue weighted by atomic mass is 10.2. The van der Waals surface area contributed by atoms with Gasteiger partial charge in [-0.05, 0) is 40.0 Å². The highest BCUT2D eigenvalue weighted by molar-refractivity contribution is 5.93. The molecule has 0 aliphatic carbocycles. The highest BCUT2D eigenvalue weighted by Crippen LogP contribution is 2.06. The lowest BCUT2D eigenvalue weighted by molar-refractivity contribution is -0.123. The molecule has 0 aromatic rings. The molecule has 0 saturated heterocycles. The van der Waals surface area contributed by atoms with Crippen LogP contribution in [0.2, 0.25) is 0 Å². The van der Waals surface area contributed by atoms with Crippen LogP contribution < -0.4 is 5.32 Å². The Balaban J connectivity index is 3.76. The average molecular weight is 254 g/mol. The molecule has 0 aromatic heterocycles. The van der Waals surface area contributed by atoms with Gasteiger partial charge in [0.2, 0.25) is 0 Å². The van der Waals surface area contributed by atoms with Crippen LogP contribution in [0.15, 0.2) is 0 Å². The van der Waals surface area contributed by atoms with Crippen molar-refractivity contribution in [2.75, 3.05) is 20.1 Å². The van der Waals surface area contributed by atoms with Gasteiger partial charge in [-0.1, -0.05) is 5.92 Å². The van der Waals surface area contributed by atoms with E-state index >= 15 is 0 Å². The Morgan fingerprint density at radius 2 is 1.94 bits per heavy atom. The van der Waals surface area contributed by atoms with E-state index in [9.17, 15) is 9.59 Å². The van der Waals surface area contributed by atoms with Crippen molar-refractivity contribution in [2.45, 2.75) is 39.7 Å². The third kappa shape index (κ3) is 8.45. The Morgan fingerprint density at radius 1 is 1.33 bits per heavy atom. The Morgan fingerprint density at radius 3 is 2.44 bits per heavy atom. The van der Waals surface area contributed by atoms with Crippen LogP contribution >= 0.6 is 0 Å². The maximum atomic E-state index is 11.3. The lowest BCUT2D eigenvalue weighted by Gasteiger charge is -2.20. The van der Waals surface area contributed by atoms with Crippen LogP contribution in [0.1, 0.15) is 34.1 Å². The summed E-state index contributed by atoms with van der Waals surface area (Å²) in [6.45, 7) is 8.05. The van der Waals surface area contributed by atoms with E-state index in [0.717, 1.165) is 0 Å². The van der Waals surface area contributed by atoms with E-state index in [1.54, 1.807) is 14.0 Å². The number of nitrogens with one attached hydrogen (secondary N) is 1. The zero-order valence-corrected chi connectivity index (χ0v) is 11.8. The molecule has 5 nitrogen and oxygen atoms in total. The second kappa shape index (κ2) is 7.59. The van der Waals surface area contributed by atoms with Gasteiger partial charge in [0.1, 0.15) is 5.60 Å². The van der Waals surface area contributed by atoms with Crippen LogP contribution in [-0.4, -0.2) is 42.6 Å². The molecule has 18 heavy (non-hydrogen) atoms. The van der Waals surface area contributed by atoms with Gasteiger partial charge in [0, 0.05) is 20.1 Å². The van der Waals surface area contributed by atoms with Gasteiger partial charge in [-0.25, -0.2) is 4.79 Å². The summed E-state index contributed by atoms with van der Waals surface area (Å²) in [5.74, 6) is 4.79. The summed E-state index contributed by atoms with van der Waals surface area (Å²) in [6.07, 6.45) is 0.220. The summed E-state index contributed by atoms with van der Waals surface area (Å²) in [6, 6.07) is 0. The van der Waals surface area contributed by atoms with Crippen molar-refractivity contribution >= 4 is 12.0 Å². The second-order valence-electron chi connectivity index (χ2n) is 4.88. The topological polar surface area (TPSA) is 58.6 Å². The number of ether oxygens (including phenoxy) is 1. The van der Waals surface area contributed by atoms with Crippen LogP contribution in [0.4, 0.5) is 4.79 Å². The number of carbonyl (C=O) groups excluding carboxylic acids is 2. The number of nitrogens with zero attached hydrogens (tertiary/aromatic N) is 1. The molecule has 5 heteroatoms. The Hall–Kier alpha value is -1.70. The standard InChI is InChI=1S/C13H22N2O3/c1-6-8-11(16)15(5)10-7-9-14-12(17)18-13(2,3)4/h7,9-10H2,1-5H3,(H,14,17). The first-order valence-corrected chi connectivity index (χ1v) is 5.91. The van der Waals surface area contributed by atoms with Gasteiger partial charge in [0.25, 0.3) is 5.91 Å². The summed E-state index contributed by atoms with van der Waals surface area (Å²) < 4.78 is 5.08. The third-order valence-electron chi connectivity index (χ3n) is 1.92. The molecular weight excluding hydrogens is 232 g/mol. The van der Waals surface area contributed by atoms with Gasteiger partial charge in [0.15, 0.2) is 0 Å².